The summed E-state index contributed by atoms with van der Waals surface area (Å²) in [4.78, 5) is 12.1. The molecular weight excluding hydrogens is 314 g/mol. The maximum atomic E-state index is 12.1. The van der Waals surface area contributed by atoms with Gasteiger partial charge in [-0.05, 0) is 42.3 Å². The monoisotopic (exact) mass is 333 g/mol. The fraction of sp³-hybridized carbons (Fsp3) is 0.467. The van der Waals surface area contributed by atoms with Gasteiger partial charge in [0.1, 0.15) is 11.4 Å². The van der Waals surface area contributed by atoms with Crippen LogP contribution in [0.4, 0.5) is 0 Å². The number of ether oxygens (including phenoxy) is 1. The quantitative estimate of drug-likeness (QED) is 0.899. The van der Waals surface area contributed by atoms with Crippen LogP contribution in [0.25, 0.3) is 5.69 Å². The molecule has 0 radical (unpaired) electrons. The van der Waals surface area contributed by atoms with Gasteiger partial charge in [-0.3, -0.25) is 4.79 Å². The topological polar surface area (TPSA) is 81.9 Å². The van der Waals surface area contributed by atoms with Gasteiger partial charge in [-0.1, -0.05) is 30.3 Å². The zero-order chi connectivity index (χ0) is 16.1. The number of nitrogens with zero attached hydrogens (tertiary/aromatic N) is 4. The third-order valence-corrected chi connectivity index (χ3v) is 4.77. The first kappa shape index (κ1) is 15.8. The summed E-state index contributed by atoms with van der Waals surface area (Å²) in [7, 11) is 0. The summed E-state index contributed by atoms with van der Waals surface area (Å²) in [5.74, 6) is 0.773. The largest absolute Gasteiger partial charge is 0.492 e. The number of hydrogen-bond donors (Lipinski definition) is 1. The van der Waals surface area contributed by atoms with Crippen LogP contribution in [-0.2, 0) is 4.79 Å². The summed E-state index contributed by atoms with van der Waals surface area (Å²) in [5.41, 5.74) is 0.774. The molecule has 0 spiro atoms. The molecule has 3 rings (SSSR count). The van der Waals surface area contributed by atoms with Crippen molar-refractivity contribution >= 4 is 17.7 Å². The summed E-state index contributed by atoms with van der Waals surface area (Å²) in [6.07, 6.45) is 2.87. The molecule has 122 valence electrons. The van der Waals surface area contributed by atoms with E-state index in [-0.39, 0.29) is 11.2 Å². The van der Waals surface area contributed by atoms with Gasteiger partial charge >= 0.3 is 0 Å². The van der Waals surface area contributed by atoms with Crippen LogP contribution in [0.2, 0.25) is 0 Å². The van der Waals surface area contributed by atoms with E-state index in [9.17, 15) is 4.79 Å². The summed E-state index contributed by atoms with van der Waals surface area (Å²) in [6, 6.07) is 7.60. The first-order chi connectivity index (χ1) is 11.3. The van der Waals surface area contributed by atoms with Crippen LogP contribution >= 0.6 is 11.8 Å². The number of carbonyl (C=O) groups is 1. The number of nitrogens with one attached hydrogen (secondary N) is 1. The lowest BCUT2D eigenvalue weighted by atomic mass is 10.2. The predicted molar refractivity (Wildman–Crippen MR) is 86.8 cm³/mol. The second-order valence-electron chi connectivity index (χ2n) is 5.17. The highest BCUT2D eigenvalue weighted by Crippen LogP contribution is 2.30. The summed E-state index contributed by atoms with van der Waals surface area (Å²) in [6.45, 7) is 3.24. The molecule has 1 amide bonds. The Morgan fingerprint density at radius 1 is 1.39 bits per heavy atom. The SMILES string of the molecule is CCOc1ccccc1-n1nnnc1SC1CCCCNC1=O. The molecule has 0 bridgehead atoms. The van der Waals surface area contributed by atoms with Crippen LogP contribution in [0, 0.1) is 0 Å². The van der Waals surface area contributed by atoms with E-state index in [1.165, 1.54) is 11.8 Å². The number of hydrogen-bond acceptors (Lipinski definition) is 6. The smallest absolute Gasteiger partial charge is 0.233 e. The molecule has 1 aliphatic rings. The molecule has 0 aliphatic carbocycles. The number of rotatable bonds is 5. The first-order valence-electron chi connectivity index (χ1n) is 7.74. The van der Waals surface area contributed by atoms with Gasteiger partial charge in [0.15, 0.2) is 0 Å². The van der Waals surface area contributed by atoms with E-state index in [4.69, 9.17) is 4.74 Å². The van der Waals surface area contributed by atoms with E-state index in [1.54, 1.807) is 4.68 Å². The van der Waals surface area contributed by atoms with Crippen molar-refractivity contribution in [1.29, 1.82) is 0 Å². The Kier molecular flexibility index (Phi) is 5.12. The van der Waals surface area contributed by atoms with Crippen LogP contribution < -0.4 is 10.1 Å². The number of carbonyl (C=O) groups excluding carboxylic acids is 1. The number of tetrazole rings is 1. The van der Waals surface area contributed by atoms with Crippen molar-refractivity contribution in [2.75, 3.05) is 13.2 Å². The molecule has 1 N–H and O–H groups in total. The first-order valence-corrected chi connectivity index (χ1v) is 8.62. The van der Waals surface area contributed by atoms with Gasteiger partial charge < -0.3 is 10.1 Å². The van der Waals surface area contributed by atoms with Crippen molar-refractivity contribution in [3.05, 3.63) is 24.3 Å². The van der Waals surface area contributed by atoms with Crippen molar-refractivity contribution in [3.63, 3.8) is 0 Å². The van der Waals surface area contributed by atoms with E-state index in [2.05, 4.69) is 20.8 Å². The summed E-state index contributed by atoms with van der Waals surface area (Å²) in [5, 5.41) is 15.3. The normalized spacial score (nSPS) is 18.3. The lowest BCUT2D eigenvalue weighted by Crippen LogP contribution is -2.30. The van der Waals surface area contributed by atoms with Gasteiger partial charge in [0.2, 0.25) is 11.1 Å². The third kappa shape index (κ3) is 3.64. The van der Waals surface area contributed by atoms with Crippen molar-refractivity contribution in [2.24, 2.45) is 0 Å². The average Bonchev–Trinajstić information content (AvgIpc) is 2.92. The van der Waals surface area contributed by atoms with Gasteiger partial charge in [-0.25, -0.2) is 0 Å². The van der Waals surface area contributed by atoms with Gasteiger partial charge in [0, 0.05) is 6.54 Å². The second kappa shape index (κ2) is 7.45. The minimum Gasteiger partial charge on any atom is -0.492 e. The van der Waals surface area contributed by atoms with E-state index >= 15 is 0 Å². The molecule has 1 atom stereocenters. The maximum absolute atomic E-state index is 12.1. The standard InChI is InChI=1S/C15H19N5O2S/c1-2-22-12-8-4-3-7-11(12)20-15(17-18-19-20)23-13-9-5-6-10-16-14(13)21/h3-4,7-8,13H,2,5-6,9-10H2,1H3,(H,16,21). The van der Waals surface area contributed by atoms with Crippen LogP contribution in [0.1, 0.15) is 26.2 Å². The van der Waals surface area contributed by atoms with Gasteiger partial charge in [-0.2, -0.15) is 4.68 Å². The average molecular weight is 333 g/mol. The Morgan fingerprint density at radius 3 is 3.13 bits per heavy atom. The Hall–Kier alpha value is -2.09. The van der Waals surface area contributed by atoms with Crippen LogP contribution in [0.3, 0.4) is 0 Å². The predicted octanol–water partition coefficient (Wildman–Crippen LogP) is 1.82. The zero-order valence-corrected chi connectivity index (χ0v) is 13.8. The molecule has 1 saturated heterocycles. The fourth-order valence-electron chi connectivity index (χ4n) is 2.46. The highest BCUT2D eigenvalue weighted by Gasteiger charge is 2.25. The van der Waals surface area contributed by atoms with Crippen LogP contribution in [0.15, 0.2) is 29.4 Å². The van der Waals surface area contributed by atoms with E-state index in [1.807, 2.05) is 31.2 Å². The molecule has 2 aromatic rings. The van der Waals surface area contributed by atoms with E-state index in [0.29, 0.717) is 11.8 Å². The molecule has 1 unspecified atom stereocenters. The van der Waals surface area contributed by atoms with E-state index < -0.39 is 0 Å². The molecular formula is C15H19N5O2S. The van der Waals surface area contributed by atoms with Crippen molar-refractivity contribution in [1.82, 2.24) is 25.5 Å². The lowest BCUT2D eigenvalue weighted by molar-refractivity contribution is -0.120. The summed E-state index contributed by atoms with van der Waals surface area (Å²) >= 11 is 1.40. The molecule has 1 aromatic carbocycles. The number of benzene rings is 1. The minimum absolute atomic E-state index is 0.0557. The van der Waals surface area contributed by atoms with Crippen LogP contribution in [-0.4, -0.2) is 44.5 Å². The Morgan fingerprint density at radius 2 is 2.26 bits per heavy atom. The number of para-hydroxylation sites is 2. The Balaban J connectivity index is 1.86. The van der Waals surface area contributed by atoms with E-state index in [0.717, 1.165) is 37.2 Å². The Bertz CT molecular complexity index is 675. The number of amides is 1. The molecule has 2 heterocycles. The molecule has 1 aromatic heterocycles. The molecule has 1 aliphatic heterocycles. The minimum atomic E-state index is -0.165. The Labute approximate surface area is 138 Å². The van der Waals surface area contributed by atoms with Gasteiger partial charge in [-0.15, -0.1) is 5.10 Å². The van der Waals surface area contributed by atoms with Crippen molar-refractivity contribution < 1.29 is 9.53 Å². The molecule has 0 saturated carbocycles. The molecule has 1 fully saturated rings. The van der Waals surface area contributed by atoms with Gasteiger partial charge in [0.05, 0.1) is 11.9 Å². The third-order valence-electron chi connectivity index (χ3n) is 3.57. The second-order valence-corrected chi connectivity index (χ2v) is 6.34. The summed E-state index contributed by atoms with van der Waals surface area (Å²) < 4.78 is 7.27. The highest BCUT2D eigenvalue weighted by atomic mass is 32.2. The number of aromatic nitrogens is 4. The molecule has 8 heteroatoms. The van der Waals surface area contributed by atoms with Crippen LogP contribution in [0.5, 0.6) is 5.75 Å². The molecule has 23 heavy (non-hydrogen) atoms. The van der Waals surface area contributed by atoms with Gasteiger partial charge in [0.25, 0.3) is 0 Å². The van der Waals surface area contributed by atoms with Crippen molar-refractivity contribution in [2.45, 2.75) is 36.6 Å². The maximum Gasteiger partial charge on any atom is 0.233 e. The zero-order valence-electron chi connectivity index (χ0n) is 12.9. The number of thioether (sulfide) groups is 1. The van der Waals surface area contributed by atoms with Crippen molar-refractivity contribution in [3.8, 4) is 11.4 Å². The highest BCUT2D eigenvalue weighted by molar-refractivity contribution is 8.00. The molecule has 7 nitrogen and oxygen atoms in total. The lowest BCUT2D eigenvalue weighted by Gasteiger charge is -2.13. The fourth-order valence-corrected chi connectivity index (χ4v) is 3.51.